The summed E-state index contributed by atoms with van der Waals surface area (Å²) in [6.45, 7) is 13.5. The van der Waals surface area contributed by atoms with Crippen molar-refractivity contribution in [1.82, 2.24) is 0 Å². The molecule has 0 saturated carbocycles. The maximum absolute atomic E-state index is 5.95. The van der Waals surface area contributed by atoms with Crippen LogP contribution >= 0.6 is 0 Å². The Morgan fingerprint density at radius 1 is 0.895 bits per heavy atom. The van der Waals surface area contributed by atoms with E-state index in [2.05, 4.69) is 20.9 Å². The third-order valence-electron chi connectivity index (χ3n) is 3.61. The lowest BCUT2D eigenvalue weighted by Crippen LogP contribution is -2.66. The first-order valence-corrected chi connectivity index (χ1v) is 7.28. The highest BCUT2D eigenvalue weighted by Gasteiger charge is 2.53. The monoisotopic (exact) mass is 278 g/mol. The van der Waals surface area contributed by atoms with Gasteiger partial charge in [-0.15, -0.1) is 0 Å². The molecule has 0 fully saturated rings. The van der Waals surface area contributed by atoms with Crippen molar-refractivity contribution in [1.29, 1.82) is 0 Å². The van der Waals surface area contributed by atoms with Crippen molar-refractivity contribution in [2.75, 3.05) is 47.1 Å². The number of quaternary nitrogens is 1. The van der Waals surface area contributed by atoms with Crippen LogP contribution in [0.15, 0.2) is 0 Å². The van der Waals surface area contributed by atoms with Gasteiger partial charge < -0.3 is 18.9 Å². The van der Waals surface area contributed by atoms with E-state index in [-0.39, 0.29) is 6.23 Å². The first-order chi connectivity index (χ1) is 9.00. The van der Waals surface area contributed by atoms with Gasteiger partial charge in [-0.25, -0.2) is 0 Å². The summed E-state index contributed by atoms with van der Waals surface area (Å²) in [5.74, 6) is -1.15. The van der Waals surface area contributed by atoms with Crippen LogP contribution in [0, 0.1) is 0 Å². The van der Waals surface area contributed by atoms with Gasteiger partial charge in [-0.3, -0.25) is 4.48 Å². The topological polar surface area (TPSA) is 36.9 Å². The number of hydrogen-bond acceptors (Lipinski definition) is 4. The Morgan fingerprint density at radius 3 is 1.63 bits per heavy atom. The fourth-order valence-electron chi connectivity index (χ4n) is 2.18. The third-order valence-corrected chi connectivity index (χ3v) is 3.61. The Hall–Kier alpha value is -0.200. The number of methoxy groups -OCH3 is 1. The zero-order chi connectivity index (χ0) is 14.9. The van der Waals surface area contributed by atoms with Crippen LogP contribution in [0.25, 0.3) is 0 Å². The minimum atomic E-state index is -1.15. The molecule has 0 aliphatic rings. The molecule has 1 unspecified atom stereocenters. The first kappa shape index (κ1) is 18.8. The Bertz CT molecular complexity index is 225. The molecule has 0 heterocycles. The summed E-state index contributed by atoms with van der Waals surface area (Å²) < 4.78 is 23.8. The molecule has 0 aromatic heterocycles. The van der Waals surface area contributed by atoms with Crippen LogP contribution in [-0.4, -0.2) is 63.8 Å². The van der Waals surface area contributed by atoms with Crippen molar-refractivity contribution in [3.63, 3.8) is 0 Å². The molecule has 19 heavy (non-hydrogen) atoms. The molecule has 0 saturated heterocycles. The second kappa shape index (κ2) is 8.87. The standard InChI is InChI=1S/C14H32NO4/c1-8-15(6,9-2)13(17-10-3)14(16-7,18-11-4)19-12-5/h13H,8-12H2,1-7H3/q+1. The molecule has 0 aromatic carbocycles. The number of nitrogens with zero attached hydrogens (tertiary/aromatic N) is 1. The maximum Gasteiger partial charge on any atom is 0.366 e. The molecule has 0 bridgehead atoms. The van der Waals surface area contributed by atoms with E-state index < -0.39 is 5.97 Å². The number of hydrogen-bond donors (Lipinski definition) is 0. The smallest absolute Gasteiger partial charge is 0.324 e. The highest BCUT2D eigenvalue weighted by atomic mass is 16.9. The summed E-state index contributed by atoms with van der Waals surface area (Å²) >= 11 is 0. The molecule has 0 radical (unpaired) electrons. The lowest BCUT2D eigenvalue weighted by Gasteiger charge is -2.46. The molecule has 0 amide bonds. The number of rotatable bonds is 11. The zero-order valence-corrected chi connectivity index (χ0v) is 13.7. The van der Waals surface area contributed by atoms with Crippen LogP contribution in [0.3, 0.4) is 0 Å². The minimum absolute atomic E-state index is 0.322. The second-order valence-corrected chi connectivity index (χ2v) is 4.59. The summed E-state index contributed by atoms with van der Waals surface area (Å²) in [6, 6.07) is 0. The van der Waals surface area contributed by atoms with Gasteiger partial charge in [0.25, 0.3) is 6.23 Å². The van der Waals surface area contributed by atoms with Gasteiger partial charge in [0.15, 0.2) is 0 Å². The molecule has 5 heteroatoms. The van der Waals surface area contributed by atoms with E-state index in [0.29, 0.717) is 24.3 Å². The van der Waals surface area contributed by atoms with Crippen molar-refractivity contribution >= 4 is 0 Å². The molecule has 0 N–H and O–H groups in total. The minimum Gasteiger partial charge on any atom is -0.324 e. The second-order valence-electron chi connectivity index (χ2n) is 4.59. The average Bonchev–Trinajstić information content (AvgIpc) is 2.43. The lowest BCUT2D eigenvalue weighted by atomic mass is 10.3. The van der Waals surface area contributed by atoms with Gasteiger partial charge in [0.2, 0.25) is 0 Å². The van der Waals surface area contributed by atoms with Crippen LogP contribution in [-0.2, 0) is 18.9 Å². The average molecular weight is 278 g/mol. The van der Waals surface area contributed by atoms with Gasteiger partial charge in [-0.1, -0.05) is 0 Å². The van der Waals surface area contributed by atoms with Gasteiger partial charge in [0, 0.05) is 20.3 Å². The van der Waals surface area contributed by atoms with Crippen molar-refractivity contribution < 1.29 is 23.4 Å². The summed E-state index contributed by atoms with van der Waals surface area (Å²) in [5, 5.41) is 0. The fraction of sp³-hybridized carbons (Fsp3) is 1.00. The SMILES string of the molecule is CCOC(C(OC)(OCC)OCC)[N+](C)(CC)CC. The first-order valence-electron chi connectivity index (χ1n) is 7.28. The van der Waals surface area contributed by atoms with E-state index in [9.17, 15) is 0 Å². The van der Waals surface area contributed by atoms with Gasteiger partial charge in [-0.2, -0.15) is 0 Å². The van der Waals surface area contributed by atoms with E-state index >= 15 is 0 Å². The molecule has 1 atom stereocenters. The van der Waals surface area contributed by atoms with Gasteiger partial charge >= 0.3 is 5.97 Å². The molecule has 0 aromatic rings. The predicted molar refractivity (Wildman–Crippen MR) is 75.7 cm³/mol. The lowest BCUT2D eigenvalue weighted by molar-refractivity contribution is -0.969. The van der Waals surface area contributed by atoms with E-state index in [0.717, 1.165) is 13.1 Å². The van der Waals surface area contributed by atoms with Crippen molar-refractivity contribution in [3.8, 4) is 0 Å². The van der Waals surface area contributed by atoms with Crippen molar-refractivity contribution in [3.05, 3.63) is 0 Å². The van der Waals surface area contributed by atoms with Crippen LogP contribution in [0.2, 0.25) is 0 Å². The summed E-state index contributed by atoms with van der Waals surface area (Å²) in [7, 11) is 3.74. The Labute approximate surface area is 118 Å². The Morgan fingerprint density at radius 2 is 1.37 bits per heavy atom. The third kappa shape index (κ3) is 4.39. The highest BCUT2D eigenvalue weighted by molar-refractivity contribution is 4.65. The zero-order valence-electron chi connectivity index (χ0n) is 13.7. The molecule has 5 nitrogen and oxygen atoms in total. The number of ether oxygens (including phenoxy) is 4. The Kier molecular flexibility index (Phi) is 8.78. The molecule has 0 rings (SSSR count). The molecule has 116 valence electrons. The van der Waals surface area contributed by atoms with Gasteiger partial charge in [0.05, 0.1) is 26.7 Å². The van der Waals surface area contributed by atoms with Crippen molar-refractivity contribution in [2.24, 2.45) is 0 Å². The fourth-order valence-corrected chi connectivity index (χ4v) is 2.18. The maximum atomic E-state index is 5.95. The quantitative estimate of drug-likeness (QED) is 0.429. The largest absolute Gasteiger partial charge is 0.366 e. The van der Waals surface area contributed by atoms with E-state index in [4.69, 9.17) is 18.9 Å². The summed E-state index contributed by atoms with van der Waals surface area (Å²) in [6.07, 6.45) is -0.322. The van der Waals surface area contributed by atoms with E-state index in [1.165, 1.54) is 0 Å². The predicted octanol–water partition coefficient (Wildman–Crippen LogP) is 2.21. The highest BCUT2D eigenvalue weighted by Crippen LogP contribution is 2.29. The van der Waals surface area contributed by atoms with Gasteiger partial charge in [-0.05, 0) is 34.6 Å². The van der Waals surface area contributed by atoms with Crippen LogP contribution in [0.4, 0.5) is 0 Å². The number of likely N-dealkylation sites (N-methyl/N-ethyl adjacent to an activating group) is 1. The van der Waals surface area contributed by atoms with E-state index in [1.54, 1.807) is 7.11 Å². The Balaban J connectivity index is 5.47. The molecule has 0 aliphatic carbocycles. The van der Waals surface area contributed by atoms with Crippen LogP contribution < -0.4 is 0 Å². The van der Waals surface area contributed by atoms with E-state index in [1.807, 2.05) is 20.8 Å². The molecular formula is C14H32NO4+. The van der Waals surface area contributed by atoms with Crippen molar-refractivity contribution in [2.45, 2.75) is 46.8 Å². The summed E-state index contributed by atoms with van der Waals surface area (Å²) in [4.78, 5) is 0. The molecule has 0 aliphatic heterocycles. The van der Waals surface area contributed by atoms with Crippen LogP contribution in [0.1, 0.15) is 34.6 Å². The van der Waals surface area contributed by atoms with Gasteiger partial charge in [0.1, 0.15) is 0 Å². The van der Waals surface area contributed by atoms with Crippen LogP contribution in [0.5, 0.6) is 0 Å². The summed E-state index contributed by atoms with van der Waals surface area (Å²) in [5.41, 5.74) is 0. The molecule has 0 spiro atoms. The normalized spacial score (nSPS) is 14.7. The molecular weight excluding hydrogens is 246 g/mol.